The number of rotatable bonds is 6. The fourth-order valence-electron chi connectivity index (χ4n) is 2.47. The molecule has 0 radical (unpaired) electrons. The van der Waals surface area contributed by atoms with E-state index in [4.69, 9.17) is 4.42 Å². The Morgan fingerprint density at radius 2 is 2.17 bits per heavy atom. The Bertz CT molecular complexity index is 893. The first-order chi connectivity index (χ1) is 11.5. The second kappa shape index (κ2) is 6.62. The number of aromatic nitrogens is 1. The number of para-hydroxylation sites is 2. The number of nitrogens with zero attached hydrogens (tertiary/aromatic N) is 1. The second-order valence-corrected chi connectivity index (χ2v) is 6.58. The van der Waals surface area contributed by atoms with Gasteiger partial charge >= 0.3 is 5.76 Å². The zero-order chi connectivity index (χ0) is 17.2. The minimum Gasteiger partial charge on any atom is -0.408 e. The van der Waals surface area contributed by atoms with Crippen molar-refractivity contribution in [2.45, 2.75) is 25.5 Å². The first-order valence-corrected chi connectivity index (χ1v) is 8.52. The summed E-state index contributed by atoms with van der Waals surface area (Å²) in [6.45, 7) is 2.00. The van der Waals surface area contributed by atoms with Crippen LogP contribution >= 0.6 is 11.3 Å². The Hall–Kier alpha value is -2.38. The van der Waals surface area contributed by atoms with Crippen LogP contribution in [0, 0.1) is 0 Å². The smallest absolute Gasteiger partial charge is 0.408 e. The molecule has 0 aliphatic carbocycles. The van der Waals surface area contributed by atoms with Crippen molar-refractivity contribution in [1.29, 1.82) is 0 Å². The average molecular weight is 346 g/mol. The summed E-state index contributed by atoms with van der Waals surface area (Å²) in [5.74, 6) is -0.711. The molecule has 126 valence electrons. The highest BCUT2D eigenvalue weighted by atomic mass is 32.1. The van der Waals surface area contributed by atoms with Crippen LogP contribution in [0.5, 0.6) is 0 Å². The lowest BCUT2D eigenvalue weighted by Gasteiger charge is -2.22. The quantitative estimate of drug-likeness (QED) is 0.716. The predicted octanol–water partition coefficient (Wildman–Crippen LogP) is 2.07. The maximum Gasteiger partial charge on any atom is 0.419 e. The highest BCUT2D eigenvalue weighted by Gasteiger charge is 2.24. The first-order valence-electron chi connectivity index (χ1n) is 7.57. The number of hydrogen-bond acceptors (Lipinski definition) is 5. The van der Waals surface area contributed by atoms with E-state index in [-0.39, 0.29) is 25.4 Å². The summed E-state index contributed by atoms with van der Waals surface area (Å²) in [5, 5.41) is 16.8. The maximum atomic E-state index is 12.0. The Morgan fingerprint density at radius 1 is 1.38 bits per heavy atom. The number of oxazole rings is 1. The molecule has 2 aromatic heterocycles. The number of thiophene rings is 1. The van der Waals surface area contributed by atoms with Gasteiger partial charge < -0.3 is 14.8 Å². The highest BCUT2D eigenvalue weighted by molar-refractivity contribution is 7.08. The van der Waals surface area contributed by atoms with E-state index in [0.29, 0.717) is 11.1 Å². The van der Waals surface area contributed by atoms with E-state index in [1.165, 1.54) is 15.9 Å². The first kappa shape index (κ1) is 16.5. The van der Waals surface area contributed by atoms with E-state index in [1.807, 2.05) is 22.9 Å². The summed E-state index contributed by atoms with van der Waals surface area (Å²) in [6.07, 6.45) is 0.128. The third-order valence-corrected chi connectivity index (χ3v) is 4.59. The average Bonchev–Trinajstić information content (AvgIpc) is 3.19. The molecule has 2 heterocycles. The van der Waals surface area contributed by atoms with Crippen molar-refractivity contribution in [3.8, 4) is 0 Å². The van der Waals surface area contributed by atoms with E-state index in [0.717, 1.165) is 5.56 Å². The van der Waals surface area contributed by atoms with Gasteiger partial charge in [0.05, 0.1) is 12.1 Å². The van der Waals surface area contributed by atoms with Crippen molar-refractivity contribution in [1.82, 2.24) is 9.88 Å². The van der Waals surface area contributed by atoms with Gasteiger partial charge in [-0.05, 0) is 41.4 Å². The van der Waals surface area contributed by atoms with Crippen molar-refractivity contribution in [3.05, 3.63) is 57.2 Å². The zero-order valence-electron chi connectivity index (χ0n) is 13.2. The van der Waals surface area contributed by atoms with Crippen molar-refractivity contribution in [2.75, 3.05) is 6.54 Å². The van der Waals surface area contributed by atoms with Gasteiger partial charge in [0, 0.05) is 13.0 Å². The number of carbonyl (C=O) groups excluding carboxylic acids is 1. The van der Waals surface area contributed by atoms with Crippen LogP contribution in [-0.4, -0.2) is 22.1 Å². The van der Waals surface area contributed by atoms with Crippen LogP contribution < -0.4 is 11.1 Å². The highest BCUT2D eigenvalue weighted by Crippen LogP contribution is 2.22. The largest absolute Gasteiger partial charge is 0.419 e. The Balaban J connectivity index is 1.59. The Morgan fingerprint density at radius 3 is 2.92 bits per heavy atom. The van der Waals surface area contributed by atoms with Crippen LogP contribution in [0.15, 0.2) is 50.3 Å². The number of benzene rings is 1. The topological polar surface area (TPSA) is 84.5 Å². The number of aryl methyl sites for hydroxylation is 1. The van der Waals surface area contributed by atoms with Crippen LogP contribution in [-0.2, 0) is 16.9 Å². The summed E-state index contributed by atoms with van der Waals surface area (Å²) in [4.78, 5) is 23.9. The molecular weight excluding hydrogens is 328 g/mol. The summed E-state index contributed by atoms with van der Waals surface area (Å²) in [5.41, 5.74) is 0.822. The SMILES string of the molecule is CC(O)(CNC(=O)CCn1c(=O)oc2ccccc21)c1ccsc1. The van der Waals surface area contributed by atoms with Crippen LogP contribution in [0.1, 0.15) is 18.9 Å². The van der Waals surface area contributed by atoms with Gasteiger partial charge in [-0.3, -0.25) is 9.36 Å². The fraction of sp³-hybridized carbons (Fsp3) is 0.294. The van der Waals surface area contributed by atoms with Gasteiger partial charge in [0.1, 0.15) is 5.60 Å². The lowest BCUT2D eigenvalue weighted by atomic mass is 9.99. The van der Waals surface area contributed by atoms with E-state index in [2.05, 4.69) is 5.32 Å². The van der Waals surface area contributed by atoms with Crippen LogP contribution in [0.2, 0.25) is 0 Å². The molecule has 1 unspecified atom stereocenters. The molecule has 0 bridgehead atoms. The Kier molecular flexibility index (Phi) is 4.55. The minimum atomic E-state index is -1.12. The molecule has 3 rings (SSSR count). The number of carbonyl (C=O) groups is 1. The van der Waals surface area contributed by atoms with Crippen LogP contribution in [0.4, 0.5) is 0 Å². The summed E-state index contributed by atoms with van der Waals surface area (Å²) in [7, 11) is 0. The van der Waals surface area contributed by atoms with Gasteiger partial charge in [-0.2, -0.15) is 11.3 Å². The van der Waals surface area contributed by atoms with E-state index >= 15 is 0 Å². The molecule has 3 aromatic rings. The van der Waals surface area contributed by atoms with E-state index in [9.17, 15) is 14.7 Å². The Labute approximate surface area is 142 Å². The molecule has 0 fully saturated rings. The lowest BCUT2D eigenvalue weighted by molar-refractivity contribution is -0.122. The van der Waals surface area contributed by atoms with Crippen molar-refractivity contribution in [2.24, 2.45) is 0 Å². The second-order valence-electron chi connectivity index (χ2n) is 5.80. The van der Waals surface area contributed by atoms with Crippen molar-refractivity contribution < 1.29 is 14.3 Å². The molecule has 1 amide bonds. The predicted molar refractivity (Wildman–Crippen MR) is 92.0 cm³/mol. The molecule has 0 saturated carbocycles. The third kappa shape index (κ3) is 3.42. The molecular formula is C17H18N2O4S. The molecule has 6 nitrogen and oxygen atoms in total. The van der Waals surface area contributed by atoms with E-state index in [1.54, 1.807) is 25.1 Å². The molecule has 24 heavy (non-hydrogen) atoms. The number of nitrogens with one attached hydrogen (secondary N) is 1. The van der Waals surface area contributed by atoms with Gasteiger partial charge in [0.2, 0.25) is 5.91 Å². The molecule has 0 aliphatic rings. The summed E-state index contributed by atoms with van der Waals surface area (Å²) in [6, 6.07) is 8.92. The molecule has 7 heteroatoms. The van der Waals surface area contributed by atoms with Gasteiger partial charge in [0.25, 0.3) is 0 Å². The molecule has 0 saturated heterocycles. The minimum absolute atomic E-state index is 0.115. The maximum absolute atomic E-state index is 12.0. The molecule has 1 aromatic carbocycles. The van der Waals surface area contributed by atoms with Gasteiger partial charge in [-0.25, -0.2) is 4.79 Å². The van der Waals surface area contributed by atoms with Gasteiger partial charge in [0.15, 0.2) is 5.58 Å². The number of aliphatic hydroxyl groups is 1. The number of amides is 1. The molecule has 1 atom stereocenters. The monoisotopic (exact) mass is 346 g/mol. The normalized spacial score (nSPS) is 13.8. The van der Waals surface area contributed by atoms with E-state index < -0.39 is 11.4 Å². The number of fused-ring (bicyclic) bond motifs is 1. The third-order valence-electron chi connectivity index (χ3n) is 3.91. The van der Waals surface area contributed by atoms with Crippen LogP contribution in [0.3, 0.4) is 0 Å². The van der Waals surface area contributed by atoms with Crippen molar-refractivity contribution in [3.63, 3.8) is 0 Å². The van der Waals surface area contributed by atoms with Gasteiger partial charge in [-0.15, -0.1) is 0 Å². The summed E-state index contributed by atoms with van der Waals surface area (Å²) >= 11 is 1.49. The van der Waals surface area contributed by atoms with Crippen molar-refractivity contribution >= 4 is 28.3 Å². The van der Waals surface area contributed by atoms with Gasteiger partial charge in [-0.1, -0.05) is 12.1 Å². The fourth-order valence-corrected chi connectivity index (χ4v) is 3.25. The molecule has 2 N–H and O–H groups in total. The number of hydrogen-bond donors (Lipinski definition) is 2. The standard InChI is InChI=1S/C17H18N2O4S/c1-17(22,12-7-9-24-10-12)11-18-15(20)6-8-19-13-4-2-3-5-14(13)23-16(19)21/h2-5,7,9-10,22H,6,8,11H2,1H3,(H,18,20). The molecule has 0 spiro atoms. The van der Waals surface area contributed by atoms with Crippen LogP contribution in [0.25, 0.3) is 11.1 Å². The lowest BCUT2D eigenvalue weighted by Crippen LogP contribution is -2.38. The zero-order valence-corrected chi connectivity index (χ0v) is 14.0. The molecule has 0 aliphatic heterocycles. The summed E-state index contributed by atoms with van der Waals surface area (Å²) < 4.78 is 6.57.